The molecule has 148 valence electrons. The van der Waals surface area contributed by atoms with Crippen LogP contribution in [0.4, 0.5) is 0 Å². The molecule has 0 bridgehead atoms. The summed E-state index contributed by atoms with van der Waals surface area (Å²) >= 11 is 0. The van der Waals surface area contributed by atoms with E-state index in [4.69, 9.17) is 9.47 Å². The van der Waals surface area contributed by atoms with E-state index in [-0.39, 0.29) is 51.9 Å². The summed E-state index contributed by atoms with van der Waals surface area (Å²) in [6, 6.07) is 17.9. The minimum absolute atomic E-state index is 0.0359. The fourth-order valence-electron chi connectivity index (χ4n) is 3.35. The number of ketones is 3. The highest BCUT2D eigenvalue weighted by Crippen LogP contribution is 2.39. The highest BCUT2D eigenvalue weighted by molar-refractivity contribution is 6.29. The SMILES string of the molecule is CC(=O)Oc1c(OCC(=O)c2ccccc2)ccc2c1C(=O)c1ccccc1C2=O. The number of hydrogen-bond donors (Lipinski definition) is 0. The fourth-order valence-corrected chi connectivity index (χ4v) is 3.35. The first-order valence-electron chi connectivity index (χ1n) is 9.22. The smallest absolute Gasteiger partial charge is 0.308 e. The predicted octanol–water partition coefficient (Wildman–Crippen LogP) is 3.65. The molecule has 6 heteroatoms. The van der Waals surface area contributed by atoms with Gasteiger partial charge < -0.3 is 9.47 Å². The number of benzene rings is 3. The van der Waals surface area contributed by atoms with Crippen LogP contribution in [0.5, 0.6) is 11.5 Å². The van der Waals surface area contributed by atoms with Crippen molar-refractivity contribution in [2.24, 2.45) is 0 Å². The molecule has 0 N–H and O–H groups in total. The van der Waals surface area contributed by atoms with Gasteiger partial charge >= 0.3 is 5.97 Å². The number of carbonyl (C=O) groups excluding carboxylic acids is 4. The molecular weight excluding hydrogens is 384 g/mol. The van der Waals surface area contributed by atoms with E-state index >= 15 is 0 Å². The summed E-state index contributed by atoms with van der Waals surface area (Å²) in [6.45, 7) is 0.858. The van der Waals surface area contributed by atoms with Gasteiger partial charge in [0.2, 0.25) is 0 Å². The first-order chi connectivity index (χ1) is 14.5. The lowest BCUT2D eigenvalue weighted by Gasteiger charge is -2.21. The van der Waals surface area contributed by atoms with Crippen molar-refractivity contribution in [2.45, 2.75) is 6.92 Å². The van der Waals surface area contributed by atoms with Gasteiger partial charge in [0.05, 0.1) is 5.56 Å². The number of fused-ring (bicyclic) bond motifs is 2. The van der Waals surface area contributed by atoms with Gasteiger partial charge in [0.1, 0.15) is 0 Å². The van der Waals surface area contributed by atoms with Crippen LogP contribution in [0.2, 0.25) is 0 Å². The Balaban J connectivity index is 1.74. The Hall–Kier alpha value is -4.06. The van der Waals surface area contributed by atoms with Crippen LogP contribution in [0.3, 0.4) is 0 Å². The number of rotatable bonds is 5. The Kier molecular flexibility index (Phi) is 4.98. The first-order valence-corrected chi connectivity index (χ1v) is 9.22. The van der Waals surface area contributed by atoms with E-state index in [9.17, 15) is 19.2 Å². The molecule has 0 atom stereocenters. The highest BCUT2D eigenvalue weighted by Gasteiger charge is 2.34. The molecule has 0 aromatic heterocycles. The van der Waals surface area contributed by atoms with Gasteiger partial charge in [0.15, 0.2) is 35.5 Å². The van der Waals surface area contributed by atoms with Crippen LogP contribution in [0.15, 0.2) is 66.7 Å². The molecule has 0 radical (unpaired) electrons. The van der Waals surface area contributed by atoms with Gasteiger partial charge in [-0.15, -0.1) is 0 Å². The monoisotopic (exact) mass is 400 g/mol. The third-order valence-corrected chi connectivity index (χ3v) is 4.71. The van der Waals surface area contributed by atoms with Crippen molar-refractivity contribution in [3.63, 3.8) is 0 Å². The van der Waals surface area contributed by atoms with E-state index in [0.29, 0.717) is 5.56 Å². The quantitative estimate of drug-likeness (QED) is 0.289. The second-order valence-electron chi connectivity index (χ2n) is 6.69. The normalized spacial score (nSPS) is 12.0. The van der Waals surface area contributed by atoms with Crippen LogP contribution in [0.1, 0.15) is 49.1 Å². The maximum Gasteiger partial charge on any atom is 0.308 e. The van der Waals surface area contributed by atoms with E-state index in [2.05, 4.69) is 0 Å². The van der Waals surface area contributed by atoms with Crippen LogP contribution < -0.4 is 9.47 Å². The van der Waals surface area contributed by atoms with Crippen molar-refractivity contribution >= 4 is 23.3 Å². The topological polar surface area (TPSA) is 86.7 Å². The van der Waals surface area contributed by atoms with Crippen LogP contribution in [0, 0.1) is 0 Å². The molecule has 3 aromatic rings. The Morgan fingerprint density at radius 3 is 2.07 bits per heavy atom. The Morgan fingerprint density at radius 1 is 0.767 bits per heavy atom. The zero-order chi connectivity index (χ0) is 21.3. The number of Topliss-reactive ketones (excluding diaryl/α,β-unsaturated/α-hetero) is 1. The highest BCUT2D eigenvalue weighted by atomic mass is 16.6. The second kappa shape index (κ2) is 7.75. The molecule has 1 aliphatic rings. The van der Waals surface area contributed by atoms with Gasteiger partial charge in [0.25, 0.3) is 0 Å². The predicted molar refractivity (Wildman–Crippen MR) is 107 cm³/mol. The second-order valence-corrected chi connectivity index (χ2v) is 6.69. The van der Waals surface area contributed by atoms with Crippen molar-refractivity contribution in [1.82, 2.24) is 0 Å². The summed E-state index contributed by atoms with van der Waals surface area (Å²) in [4.78, 5) is 50.0. The van der Waals surface area contributed by atoms with Crippen LogP contribution in [-0.4, -0.2) is 29.9 Å². The standard InChI is InChI=1S/C24H16O6/c1-14(25)30-24-20(29-13-19(26)15-7-3-2-4-8-15)12-11-18-21(24)23(28)17-10-6-5-9-16(17)22(18)27/h2-12H,13H2,1H3. The van der Waals surface area contributed by atoms with Gasteiger partial charge in [-0.25, -0.2) is 0 Å². The van der Waals surface area contributed by atoms with Crippen LogP contribution >= 0.6 is 0 Å². The van der Waals surface area contributed by atoms with E-state index in [1.807, 2.05) is 0 Å². The minimum Gasteiger partial charge on any atom is -0.481 e. The van der Waals surface area contributed by atoms with E-state index in [1.165, 1.54) is 19.1 Å². The largest absolute Gasteiger partial charge is 0.481 e. The van der Waals surface area contributed by atoms with Crippen molar-refractivity contribution in [2.75, 3.05) is 6.61 Å². The average molecular weight is 400 g/mol. The summed E-state index contributed by atoms with van der Waals surface area (Å²) < 4.78 is 10.9. The summed E-state index contributed by atoms with van der Waals surface area (Å²) in [5.41, 5.74) is 1.05. The molecule has 0 spiro atoms. The van der Waals surface area contributed by atoms with Gasteiger partial charge in [0, 0.05) is 29.2 Å². The summed E-state index contributed by atoms with van der Waals surface area (Å²) in [6.07, 6.45) is 0. The summed E-state index contributed by atoms with van der Waals surface area (Å²) in [5.74, 6) is -1.88. The molecule has 30 heavy (non-hydrogen) atoms. The van der Waals surface area contributed by atoms with E-state index < -0.39 is 11.8 Å². The number of carbonyl (C=O) groups is 4. The third-order valence-electron chi connectivity index (χ3n) is 4.71. The number of esters is 1. The summed E-state index contributed by atoms with van der Waals surface area (Å²) in [5, 5.41) is 0. The lowest BCUT2D eigenvalue weighted by Crippen LogP contribution is -2.23. The van der Waals surface area contributed by atoms with Crippen LogP contribution in [-0.2, 0) is 4.79 Å². The molecular formula is C24H16O6. The molecule has 0 aliphatic heterocycles. The van der Waals surface area contributed by atoms with Crippen molar-refractivity contribution in [3.8, 4) is 11.5 Å². The van der Waals surface area contributed by atoms with Gasteiger partial charge in [-0.2, -0.15) is 0 Å². The summed E-state index contributed by atoms with van der Waals surface area (Å²) in [7, 11) is 0. The molecule has 0 heterocycles. The van der Waals surface area contributed by atoms with Crippen molar-refractivity contribution in [3.05, 3.63) is 94.5 Å². The maximum atomic E-state index is 13.1. The molecule has 0 fully saturated rings. The lowest BCUT2D eigenvalue weighted by molar-refractivity contribution is -0.132. The van der Waals surface area contributed by atoms with Gasteiger partial charge in [-0.3, -0.25) is 19.2 Å². The molecule has 6 nitrogen and oxygen atoms in total. The molecule has 0 saturated heterocycles. The Morgan fingerprint density at radius 2 is 1.40 bits per heavy atom. The lowest BCUT2D eigenvalue weighted by atomic mass is 9.83. The number of ether oxygens (including phenoxy) is 2. The number of hydrogen-bond acceptors (Lipinski definition) is 6. The Bertz CT molecular complexity index is 1190. The van der Waals surface area contributed by atoms with Gasteiger partial charge in [-0.05, 0) is 12.1 Å². The molecule has 0 amide bonds. The molecule has 1 aliphatic carbocycles. The van der Waals surface area contributed by atoms with Crippen molar-refractivity contribution in [1.29, 1.82) is 0 Å². The van der Waals surface area contributed by atoms with Gasteiger partial charge in [-0.1, -0.05) is 54.6 Å². The minimum atomic E-state index is -0.679. The maximum absolute atomic E-state index is 13.1. The van der Waals surface area contributed by atoms with E-state index in [1.54, 1.807) is 54.6 Å². The zero-order valence-electron chi connectivity index (χ0n) is 16.0. The fraction of sp³-hybridized carbons (Fsp3) is 0.0833. The molecule has 3 aromatic carbocycles. The zero-order valence-corrected chi connectivity index (χ0v) is 16.0. The molecule has 0 unspecified atom stereocenters. The Labute approximate surface area is 172 Å². The first kappa shape index (κ1) is 19.3. The molecule has 0 saturated carbocycles. The van der Waals surface area contributed by atoms with Crippen LogP contribution in [0.25, 0.3) is 0 Å². The molecule has 4 rings (SSSR count). The van der Waals surface area contributed by atoms with Crippen molar-refractivity contribution < 1.29 is 28.7 Å². The van der Waals surface area contributed by atoms with E-state index in [0.717, 1.165) is 0 Å². The average Bonchev–Trinajstić information content (AvgIpc) is 2.76. The third kappa shape index (κ3) is 3.39.